The van der Waals surface area contributed by atoms with E-state index in [4.69, 9.17) is 0 Å². The van der Waals surface area contributed by atoms with E-state index in [1.165, 1.54) is 11.3 Å². The molecule has 3 nitrogen and oxygen atoms in total. The Morgan fingerprint density at radius 2 is 2.11 bits per heavy atom. The van der Waals surface area contributed by atoms with Gasteiger partial charge in [-0.15, -0.1) is 0 Å². The zero-order valence-electron chi connectivity index (χ0n) is 11.3. The van der Waals surface area contributed by atoms with Gasteiger partial charge in [-0.2, -0.15) is 0 Å². The normalized spacial score (nSPS) is 22.4. The van der Waals surface area contributed by atoms with Gasteiger partial charge in [0.05, 0.1) is 17.4 Å². The van der Waals surface area contributed by atoms with Crippen molar-refractivity contribution in [2.75, 3.05) is 23.4 Å². The van der Waals surface area contributed by atoms with Crippen molar-refractivity contribution in [3.05, 3.63) is 23.8 Å². The van der Waals surface area contributed by atoms with Gasteiger partial charge in [-0.05, 0) is 24.0 Å². The standard InChI is InChI=1S/C15H20N2O/c1-10(2)12-5-4-6-13-15(12)16(3)9-11-7-8-14(18)17(11)13/h4-6,10-11H,7-9H2,1-3H3. The quantitative estimate of drug-likeness (QED) is 0.758. The first-order valence-corrected chi connectivity index (χ1v) is 6.75. The average molecular weight is 244 g/mol. The van der Waals surface area contributed by atoms with E-state index in [1.807, 2.05) is 4.90 Å². The number of hydrogen-bond acceptors (Lipinski definition) is 2. The fourth-order valence-electron chi connectivity index (χ4n) is 3.28. The second-order valence-electron chi connectivity index (χ2n) is 5.71. The fraction of sp³-hybridized carbons (Fsp3) is 0.533. The predicted molar refractivity (Wildman–Crippen MR) is 74.3 cm³/mol. The molecule has 2 aliphatic heterocycles. The van der Waals surface area contributed by atoms with Gasteiger partial charge in [0.2, 0.25) is 5.91 Å². The van der Waals surface area contributed by atoms with Crippen molar-refractivity contribution in [3.63, 3.8) is 0 Å². The molecule has 0 saturated carbocycles. The Bertz CT molecular complexity index is 495. The van der Waals surface area contributed by atoms with Crippen LogP contribution in [0.3, 0.4) is 0 Å². The largest absolute Gasteiger partial charge is 0.371 e. The Labute approximate surface area is 108 Å². The van der Waals surface area contributed by atoms with Crippen LogP contribution in [0.1, 0.15) is 38.2 Å². The maximum absolute atomic E-state index is 12.1. The molecule has 3 rings (SSSR count). The molecule has 1 atom stereocenters. The third-order valence-corrected chi connectivity index (χ3v) is 4.12. The molecule has 0 N–H and O–H groups in total. The number of carbonyl (C=O) groups is 1. The third-order valence-electron chi connectivity index (χ3n) is 4.12. The van der Waals surface area contributed by atoms with E-state index in [-0.39, 0.29) is 5.91 Å². The van der Waals surface area contributed by atoms with Crippen molar-refractivity contribution in [1.82, 2.24) is 0 Å². The van der Waals surface area contributed by atoms with Crippen molar-refractivity contribution < 1.29 is 4.79 Å². The molecule has 0 bridgehead atoms. The highest BCUT2D eigenvalue weighted by Crippen LogP contribution is 2.43. The summed E-state index contributed by atoms with van der Waals surface area (Å²) in [6.45, 7) is 5.38. The first kappa shape index (κ1) is 11.6. The van der Waals surface area contributed by atoms with Crippen LogP contribution in [0.15, 0.2) is 18.2 Å². The fourth-order valence-corrected chi connectivity index (χ4v) is 3.28. The topological polar surface area (TPSA) is 23.6 Å². The van der Waals surface area contributed by atoms with Gasteiger partial charge in [0, 0.05) is 20.0 Å². The van der Waals surface area contributed by atoms with Gasteiger partial charge in [0.1, 0.15) is 0 Å². The lowest BCUT2D eigenvalue weighted by Gasteiger charge is -2.40. The smallest absolute Gasteiger partial charge is 0.227 e. The van der Waals surface area contributed by atoms with E-state index < -0.39 is 0 Å². The lowest BCUT2D eigenvalue weighted by molar-refractivity contribution is -0.117. The summed E-state index contributed by atoms with van der Waals surface area (Å²) in [6, 6.07) is 6.72. The summed E-state index contributed by atoms with van der Waals surface area (Å²) < 4.78 is 0. The number of para-hydroxylation sites is 1. The van der Waals surface area contributed by atoms with E-state index in [2.05, 4.69) is 44.0 Å². The zero-order valence-corrected chi connectivity index (χ0v) is 11.3. The van der Waals surface area contributed by atoms with Gasteiger partial charge in [0.15, 0.2) is 0 Å². The summed E-state index contributed by atoms with van der Waals surface area (Å²) in [4.78, 5) is 16.4. The van der Waals surface area contributed by atoms with Crippen molar-refractivity contribution in [2.24, 2.45) is 0 Å². The first-order chi connectivity index (χ1) is 8.59. The molecule has 3 heteroatoms. The Morgan fingerprint density at radius 1 is 1.33 bits per heavy atom. The molecule has 96 valence electrons. The zero-order chi connectivity index (χ0) is 12.9. The molecule has 2 heterocycles. The van der Waals surface area contributed by atoms with Crippen molar-refractivity contribution in [3.8, 4) is 0 Å². The number of carbonyl (C=O) groups excluding carboxylic acids is 1. The number of fused-ring (bicyclic) bond motifs is 3. The van der Waals surface area contributed by atoms with Crippen LogP contribution < -0.4 is 9.80 Å². The minimum absolute atomic E-state index is 0.287. The Hall–Kier alpha value is -1.51. The molecule has 0 aromatic heterocycles. The van der Waals surface area contributed by atoms with Crippen LogP contribution in [0.5, 0.6) is 0 Å². The van der Waals surface area contributed by atoms with Crippen LogP contribution >= 0.6 is 0 Å². The van der Waals surface area contributed by atoms with Crippen LogP contribution in [0.2, 0.25) is 0 Å². The molecule has 1 aromatic carbocycles. The SMILES string of the molecule is CC(C)c1cccc2c1N(C)CC1CCC(=O)N21. The van der Waals surface area contributed by atoms with Crippen molar-refractivity contribution in [2.45, 2.75) is 38.6 Å². The third kappa shape index (κ3) is 1.53. The molecule has 1 aromatic rings. The maximum atomic E-state index is 12.1. The molecule has 1 saturated heterocycles. The molecule has 1 amide bonds. The Kier molecular flexibility index (Phi) is 2.58. The summed E-state index contributed by atoms with van der Waals surface area (Å²) in [6.07, 6.45) is 1.69. The maximum Gasteiger partial charge on any atom is 0.227 e. The Balaban J connectivity index is 2.17. The number of likely N-dealkylation sites (N-methyl/N-ethyl adjacent to an activating group) is 1. The van der Waals surface area contributed by atoms with Crippen LogP contribution in [0.25, 0.3) is 0 Å². The number of benzene rings is 1. The lowest BCUT2D eigenvalue weighted by Crippen LogP contribution is -2.46. The highest BCUT2D eigenvalue weighted by Gasteiger charge is 2.38. The summed E-state index contributed by atoms with van der Waals surface area (Å²) in [5.41, 5.74) is 3.70. The van der Waals surface area contributed by atoms with E-state index in [9.17, 15) is 4.79 Å². The highest BCUT2D eigenvalue weighted by molar-refractivity contribution is 6.01. The second-order valence-corrected chi connectivity index (χ2v) is 5.71. The minimum atomic E-state index is 0.287. The van der Waals surface area contributed by atoms with Crippen LogP contribution in [-0.2, 0) is 4.79 Å². The van der Waals surface area contributed by atoms with Crippen LogP contribution in [0, 0.1) is 0 Å². The molecular formula is C15H20N2O. The number of hydrogen-bond donors (Lipinski definition) is 0. The molecule has 2 aliphatic rings. The molecule has 0 aliphatic carbocycles. The predicted octanol–water partition coefficient (Wildman–Crippen LogP) is 2.76. The first-order valence-electron chi connectivity index (χ1n) is 6.75. The molecule has 18 heavy (non-hydrogen) atoms. The van der Waals surface area contributed by atoms with Crippen LogP contribution in [-0.4, -0.2) is 25.5 Å². The Morgan fingerprint density at radius 3 is 2.83 bits per heavy atom. The number of rotatable bonds is 1. The number of nitrogens with zero attached hydrogens (tertiary/aromatic N) is 2. The highest BCUT2D eigenvalue weighted by atomic mass is 16.2. The van der Waals surface area contributed by atoms with Gasteiger partial charge >= 0.3 is 0 Å². The monoisotopic (exact) mass is 244 g/mol. The van der Waals surface area contributed by atoms with Gasteiger partial charge < -0.3 is 9.80 Å². The van der Waals surface area contributed by atoms with E-state index >= 15 is 0 Å². The lowest BCUT2D eigenvalue weighted by atomic mass is 9.96. The van der Waals surface area contributed by atoms with Gasteiger partial charge in [-0.3, -0.25) is 4.79 Å². The number of anilines is 2. The van der Waals surface area contributed by atoms with E-state index in [0.29, 0.717) is 18.4 Å². The van der Waals surface area contributed by atoms with Crippen molar-refractivity contribution in [1.29, 1.82) is 0 Å². The van der Waals surface area contributed by atoms with Gasteiger partial charge in [-0.25, -0.2) is 0 Å². The summed E-state index contributed by atoms with van der Waals surface area (Å²) in [5.74, 6) is 0.770. The van der Waals surface area contributed by atoms with Crippen molar-refractivity contribution >= 4 is 17.3 Å². The van der Waals surface area contributed by atoms with Crippen LogP contribution in [0.4, 0.5) is 11.4 Å². The molecule has 1 fully saturated rings. The summed E-state index contributed by atoms with van der Waals surface area (Å²) >= 11 is 0. The molecular weight excluding hydrogens is 224 g/mol. The van der Waals surface area contributed by atoms with E-state index in [1.54, 1.807) is 0 Å². The van der Waals surface area contributed by atoms with Gasteiger partial charge in [-0.1, -0.05) is 26.0 Å². The summed E-state index contributed by atoms with van der Waals surface area (Å²) in [5, 5.41) is 0. The number of amides is 1. The molecule has 1 unspecified atom stereocenters. The van der Waals surface area contributed by atoms with Gasteiger partial charge in [0.25, 0.3) is 0 Å². The molecule has 0 radical (unpaired) electrons. The summed E-state index contributed by atoms with van der Waals surface area (Å²) in [7, 11) is 2.14. The van der Waals surface area contributed by atoms with E-state index in [0.717, 1.165) is 18.7 Å². The second kappa shape index (κ2) is 4.01. The minimum Gasteiger partial charge on any atom is -0.371 e. The average Bonchev–Trinajstić information content (AvgIpc) is 2.70. The molecule has 0 spiro atoms.